The van der Waals surface area contributed by atoms with E-state index in [1.807, 2.05) is 0 Å². The Morgan fingerprint density at radius 2 is 2.00 bits per heavy atom. The second-order valence-electron chi connectivity index (χ2n) is 7.51. The van der Waals surface area contributed by atoms with Crippen molar-refractivity contribution in [3.05, 3.63) is 0 Å². The van der Waals surface area contributed by atoms with E-state index in [0.717, 1.165) is 58.2 Å². The molecule has 0 spiro atoms. The summed E-state index contributed by atoms with van der Waals surface area (Å²) in [7, 11) is 3.84. The third-order valence-electron chi connectivity index (χ3n) is 5.72. The Morgan fingerprint density at radius 1 is 1.28 bits per heavy atom. The zero-order valence-electron chi connectivity index (χ0n) is 16.1. The molecular weight excluding hydrogens is 318 g/mol. The van der Waals surface area contributed by atoms with Crippen LogP contribution in [0.1, 0.15) is 51.9 Å². The fourth-order valence-electron chi connectivity index (χ4n) is 3.99. The molecule has 0 aromatic carbocycles. The summed E-state index contributed by atoms with van der Waals surface area (Å²) < 4.78 is 5.32. The van der Waals surface area contributed by atoms with Crippen LogP contribution in [0.3, 0.4) is 0 Å². The van der Waals surface area contributed by atoms with E-state index in [4.69, 9.17) is 4.74 Å². The molecule has 2 fully saturated rings. The van der Waals surface area contributed by atoms with Gasteiger partial charge in [0.05, 0.1) is 6.10 Å². The SMILES string of the molecule is CCC(CCNC(=O)CC1CCCN(C2CCN(C)CC2)C1=O)OC. The molecule has 25 heavy (non-hydrogen) atoms. The van der Waals surface area contributed by atoms with Gasteiger partial charge in [-0.15, -0.1) is 0 Å². The molecule has 2 amide bonds. The number of likely N-dealkylation sites (tertiary alicyclic amines) is 2. The molecule has 6 nitrogen and oxygen atoms in total. The highest BCUT2D eigenvalue weighted by Gasteiger charge is 2.35. The molecule has 0 saturated carbocycles. The highest BCUT2D eigenvalue weighted by atomic mass is 16.5. The average molecular weight is 354 g/mol. The lowest BCUT2D eigenvalue weighted by Gasteiger charge is -2.41. The second kappa shape index (κ2) is 10.1. The Bertz CT molecular complexity index is 432. The van der Waals surface area contributed by atoms with Crippen LogP contribution < -0.4 is 5.32 Å². The lowest BCUT2D eigenvalue weighted by atomic mass is 9.90. The minimum Gasteiger partial charge on any atom is -0.381 e. The van der Waals surface area contributed by atoms with Crippen LogP contribution in [-0.2, 0) is 14.3 Å². The molecule has 0 radical (unpaired) electrons. The van der Waals surface area contributed by atoms with Crippen LogP contribution in [0.2, 0.25) is 0 Å². The van der Waals surface area contributed by atoms with Gasteiger partial charge in [-0.3, -0.25) is 9.59 Å². The molecule has 2 aliphatic rings. The minimum absolute atomic E-state index is 0.00506. The first kappa shape index (κ1) is 20.2. The first-order chi connectivity index (χ1) is 12.0. The molecule has 2 unspecified atom stereocenters. The smallest absolute Gasteiger partial charge is 0.226 e. The van der Waals surface area contributed by atoms with E-state index in [9.17, 15) is 9.59 Å². The van der Waals surface area contributed by atoms with E-state index in [1.165, 1.54) is 0 Å². The number of methoxy groups -OCH3 is 1. The molecule has 0 aliphatic carbocycles. The Labute approximate surface area is 152 Å². The van der Waals surface area contributed by atoms with Crippen LogP contribution in [0, 0.1) is 5.92 Å². The van der Waals surface area contributed by atoms with Crippen LogP contribution in [0.25, 0.3) is 0 Å². The summed E-state index contributed by atoms with van der Waals surface area (Å²) in [5, 5.41) is 2.95. The Balaban J connectivity index is 1.77. The standard InChI is InChI=1S/C19H35N3O3/c1-4-17(25-3)7-10-20-18(23)14-15-6-5-11-22(19(15)24)16-8-12-21(2)13-9-16/h15-17H,4-14H2,1-3H3,(H,20,23). The van der Waals surface area contributed by atoms with Crippen molar-refractivity contribution >= 4 is 11.8 Å². The second-order valence-corrected chi connectivity index (χ2v) is 7.51. The molecule has 0 bridgehead atoms. The van der Waals surface area contributed by atoms with Crippen molar-refractivity contribution in [1.82, 2.24) is 15.1 Å². The van der Waals surface area contributed by atoms with Crippen molar-refractivity contribution in [2.45, 2.75) is 64.0 Å². The largest absolute Gasteiger partial charge is 0.381 e. The molecule has 2 heterocycles. The summed E-state index contributed by atoms with van der Waals surface area (Å²) in [4.78, 5) is 29.4. The minimum atomic E-state index is -0.141. The molecule has 1 N–H and O–H groups in total. The first-order valence-electron chi connectivity index (χ1n) is 9.83. The van der Waals surface area contributed by atoms with Gasteiger partial charge in [-0.05, 0) is 58.7 Å². The van der Waals surface area contributed by atoms with Gasteiger partial charge in [0.25, 0.3) is 0 Å². The zero-order chi connectivity index (χ0) is 18.2. The first-order valence-corrected chi connectivity index (χ1v) is 9.83. The normalized spacial score (nSPS) is 24.4. The van der Waals surface area contributed by atoms with Crippen LogP contribution >= 0.6 is 0 Å². The molecule has 144 valence electrons. The number of carbonyl (C=O) groups is 2. The highest BCUT2D eigenvalue weighted by Crippen LogP contribution is 2.26. The summed E-state index contributed by atoms with van der Waals surface area (Å²) in [5.41, 5.74) is 0. The van der Waals surface area contributed by atoms with E-state index in [1.54, 1.807) is 7.11 Å². The highest BCUT2D eigenvalue weighted by molar-refractivity contribution is 5.86. The van der Waals surface area contributed by atoms with Gasteiger partial charge in [-0.1, -0.05) is 6.92 Å². The lowest BCUT2D eigenvalue weighted by molar-refractivity contribution is -0.144. The van der Waals surface area contributed by atoms with Crippen molar-refractivity contribution in [2.24, 2.45) is 5.92 Å². The summed E-state index contributed by atoms with van der Waals surface area (Å²) in [6.07, 6.45) is 6.23. The van der Waals surface area contributed by atoms with Crippen LogP contribution in [-0.4, -0.2) is 74.1 Å². The van der Waals surface area contributed by atoms with Crippen molar-refractivity contribution in [3.63, 3.8) is 0 Å². The topological polar surface area (TPSA) is 61.9 Å². The number of rotatable bonds is 8. The summed E-state index contributed by atoms with van der Waals surface area (Å²) >= 11 is 0. The average Bonchev–Trinajstić information content (AvgIpc) is 2.61. The fraction of sp³-hybridized carbons (Fsp3) is 0.895. The summed E-state index contributed by atoms with van der Waals surface area (Å²) in [6, 6.07) is 0.363. The number of nitrogens with zero attached hydrogens (tertiary/aromatic N) is 2. The Kier molecular flexibility index (Phi) is 8.16. The van der Waals surface area contributed by atoms with Gasteiger partial charge in [-0.2, -0.15) is 0 Å². The van der Waals surface area contributed by atoms with Gasteiger partial charge >= 0.3 is 0 Å². The van der Waals surface area contributed by atoms with E-state index >= 15 is 0 Å². The molecule has 2 saturated heterocycles. The molecular formula is C19H35N3O3. The van der Waals surface area contributed by atoms with E-state index in [0.29, 0.717) is 19.0 Å². The number of amides is 2. The summed E-state index contributed by atoms with van der Waals surface area (Å²) in [6.45, 7) is 5.66. The van der Waals surface area contributed by atoms with E-state index in [2.05, 4.69) is 29.1 Å². The number of piperidine rings is 2. The van der Waals surface area contributed by atoms with Crippen molar-refractivity contribution in [3.8, 4) is 0 Å². The van der Waals surface area contributed by atoms with Gasteiger partial charge < -0.3 is 19.9 Å². The summed E-state index contributed by atoms with van der Waals surface area (Å²) in [5.74, 6) is 0.0478. The van der Waals surface area contributed by atoms with Gasteiger partial charge in [0, 0.05) is 38.6 Å². The number of hydrogen-bond donors (Lipinski definition) is 1. The maximum absolute atomic E-state index is 12.8. The Morgan fingerprint density at radius 3 is 2.64 bits per heavy atom. The van der Waals surface area contributed by atoms with Gasteiger partial charge in [0.15, 0.2) is 0 Å². The molecule has 6 heteroatoms. The Hall–Kier alpha value is -1.14. The van der Waals surface area contributed by atoms with Gasteiger partial charge in [-0.25, -0.2) is 0 Å². The predicted octanol–water partition coefficient (Wildman–Crippen LogP) is 1.64. The number of hydrogen-bond acceptors (Lipinski definition) is 4. The molecule has 2 rings (SSSR count). The number of carbonyl (C=O) groups excluding carboxylic acids is 2. The molecule has 2 atom stereocenters. The monoisotopic (exact) mass is 353 g/mol. The third kappa shape index (κ3) is 5.96. The third-order valence-corrected chi connectivity index (χ3v) is 5.72. The van der Waals surface area contributed by atoms with Crippen LogP contribution in [0.5, 0.6) is 0 Å². The molecule has 0 aromatic rings. The predicted molar refractivity (Wildman–Crippen MR) is 98.3 cm³/mol. The van der Waals surface area contributed by atoms with Gasteiger partial charge in [0.1, 0.15) is 0 Å². The quantitative estimate of drug-likeness (QED) is 0.721. The number of ether oxygens (including phenoxy) is 1. The van der Waals surface area contributed by atoms with Crippen molar-refractivity contribution in [1.29, 1.82) is 0 Å². The van der Waals surface area contributed by atoms with Gasteiger partial charge in [0.2, 0.25) is 11.8 Å². The lowest BCUT2D eigenvalue weighted by Crippen LogP contribution is -2.51. The van der Waals surface area contributed by atoms with Crippen molar-refractivity contribution < 1.29 is 14.3 Å². The van der Waals surface area contributed by atoms with E-state index in [-0.39, 0.29) is 23.8 Å². The number of nitrogens with one attached hydrogen (secondary N) is 1. The fourth-order valence-corrected chi connectivity index (χ4v) is 3.99. The maximum atomic E-state index is 12.8. The zero-order valence-corrected chi connectivity index (χ0v) is 16.1. The molecule has 0 aromatic heterocycles. The molecule has 2 aliphatic heterocycles. The van der Waals surface area contributed by atoms with Crippen LogP contribution in [0.15, 0.2) is 0 Å². The van der Waals surface area contributed by atoms with Crippen molar-refractivity contribution in [2.75, 3.05) is 40.3 Å². The van der Waals surface area contributed by atoms with E-state index < -0.39 is 0 Å². The maximum Gasteiger partial charge on any atom is 0.226 e. The van der Waals surface area contributed by atoms with Crippen LogP contribution in [0.4, 0.5) is 0 Å².